The molecule has 1 aromatic carbocycles. The zero-order chi connectivity index (χ0) is 16.7. The van der Waals surface area contributed by atoms with Gasteiger partial charge in [-0.2, -0.15) is 0 Å². The van der Waals surface area contributed by atoms with Crippen molar-refractivity contribution < 1.29 is 9.59 Å². The molecule has 0 aliphatic rings. The van der Waals surface area contributed by atoms with Crippen LogP contribution in [-0.4, -0.2) is 28.8 Å². The third-order valence-corrected chi connectivity index (χ3v) is 3.86. The number of nitrogens with zero attached hydrogens (tertiary/aromatic N) is 1. The zero-order valence-electron chi connectivity index (χ0n) is 13.7. The SMILES string of the molecule is CCCC(=O)N(Cc1ccc(Br)cc1)C(C)C(=O)NC(C)C. The molecule has 2 amide bonds. The van der Waals surface area contributed by atoms with Crippen molar-refractivity contribution in [2.45, 2.75) is 59.2 Å². The molecule has 0 fully saturated rings. The van der Waals surface area contributed by atoms with Crippen molar-refractivity contribution in [3.05, 3.63) is 34.3 Å². The molecule has 0 aromatic heterocycles. The summed E-state index contributed by atoms with van der Waals surface area (Å²) < 4.78 is 0.994. The predicted molar refractivity (Wildman–Crippen MR) is 92.3 cm³/mol. The maximum absolute atomic E-state index is 12.4. The van der Waals surface area contributed by atoms with Crippen LogP contribution < -0.4 is 5.32 Å². The normalized spacial score (nSPS) is 12.1. The number of benzene rings is 1. The van der Waals surface area contributed by atoms with E-state index >= 15 is 0 Å². The van der Waals surface area contributed by atoms with Crippen LogP contribution in [0.1, 0.15) is 46.1 Å². The summed E-state index contributed by atoms with van der Waals surface area (Å²) in [4.78, 5) is 26.3. The van der Waals surface area contributed by atoms with Crippen molar-refractivity contribution in [1.82, 2.24) is 10.2 Å². The van der Waals surface area contributed by atoms with E-state index in [2.05, 4.69) is 21.2 Å². The Morgan fingerprint density at radius 1 is 1.18 bits per heavy atom. The first kappa shape index (κ1) is 18.7. The van der Waals surface area contributed by atoms with Crippen molar-refractivity contribution in [2.75, 3.05) is 0 Å². The molecule has 0 heterocycles. The van der Waals surface area contributed by atoms with E-state index in [0.717, 1.165) is 16.5 Å². The Morgan fingerprint density at radius 2 is 1.77 bits per heavy atom. The Morgan fingerprint density at radius 3 is 2.27 bits per heavy atom. The zero-order valence-corrected chi connectivity index (χ0v) is 15.3. The summed E-state index contributed by atoms with van der Waals surface area (Å²) >= 11 is 3.40. The number of carbonyl (C=O) groups excluding carboxylic acids is 2. The van der Waals surface area contributed by atoms with E-state index in [1.165, 1.54) is 0 Å². The van der Waals surface area contributed by atoms with Crippen molar-refractivity contribution in [3.63, 3.8) is 0 Å². The third kappa shape index (κ3) is 5.79. The maximum Gasteiger partial charge on any atom is 0.242 e. The van der Waals surface area contributed by atoms with Crippen molar-refractivity contribution in [2.24, 2.45) is 0 Å². The molecule has 122 valence electrons. The van der Waals surface area contributed by atoms with Gasteiger partial charge in [-0.1, -0.05) is 35.0 Å². The van der Waals surface area contributed by atoms with Gasteiger partial charge in [-0.15, -0.1) is 0 Å². The second kappa shape index (κ2) is 8.93. The molecule has 0 bridgehead atoms. The van der Waals surface area contributed by atoms with E-state index in [9.17, 15) is 9.59 Å². The van der Waals surface area contributed by atoms with E-state index in [1.54, 1.807) is 11.8 Å². The van der Waals surface area contributed by atoms with Crippen molar-refractivity contribution in [3.8, 4) is 0 Å². The van der Waals surface area contributed by atoms with E-state index in [1.807, 2.05) is 45.0 Å². The predicted octanol–water partition coefficient (Wildman–Crippen LogP) is 3.49. The molecule has 0 radical (unpaired) electrons. The van der Waals surface area contributed by atoms with Crippen LogP contribution in [-0.2, 0) is 16.1 Å². The summed E-state index contributed by atoms with van der Waals surface area (Å²) in [5.41, 5.74) is 1.01. The van der Waals surface area contributed by atoms with Crippen LogP contribution in [0.3, 0.4) is 0 Å². The fraction of sp³-hybridized carbons (Fsp3) is 0.529. The molecule has 1 atom stereocenters. The highest BCUT2D eigenvalue weighted by Gasteiger charge is 2.25. The lowest BCUT2D eigenvalue weighted by Gasteiger charge is -2.29. The standard InChI is InChI=1S/C17H25BrN2O2/c1-5-6-16(21)20(13(4)17(22)19-12(2)3)11-14-7-9-15(18)10-8-14/h7-10,12-13H,5-6,11H2,1-4H3,(H,19,22). The van der Waals surface area contributed by atoms with Crippen molar-refractivity contribution in [1.29, 1.82) is 0 Å². The van der Waals surface area contributed by atoms with Gasteiger partial charge in [-0.3, -0.25) is 9.59 Å². The van der Waals surface area contributed by atoms with E-state index < -0.39 is 6.04 Å². The first-order chi connectivity index (χ1) is 10.3. The average molecular weight is 369 g/mol. The van der Waals surface area contributed by atoms with Crippen LogP contribution in [0.5, 0.6) is 0 Å². The van der Waals surface area contributed by atoms with Gasteiger partial charge in [0.25, 0.3) is 0 Å². The fourth-order valence-electron chi connectivity index (χ4n) is 2.13. The van der Waals surface area contributed by atoms with Gasteiger partial charge in [0.1, 0.15) is 6.04 Å². The lowest BCUT2D eigenvalue weighted by molar-refractivity contribution is -0.140. The van der Waals surface area contributed by atoms with Gasteiger partial charge in [0.2, 0.25) is 11.8 Å². The maximum atomic E-state index is 12.4. The Balaban J connectivity index is 2.89. The monoisotopic (exact) mass is 368 g/mol. The number of rotatable bonds is 7. The molecule has 0 aliphatic carbocycles. The van der Waals surface area contributed by atoms with Crippen molar-refractivity contribution >= 4 is 27.7 Å². The van der Waals surface area contributed by atoms with Crippen LogP contribution in [0.4, 0.5) is 0 Å². The summed E-state index contributed by atoms with van der Waals surface area (Å²) in [5.74, 6) is -0.103. The van der Waals surface area contributed by atoms with Gasteiger partial charge in [-0.25, -0.2) is 0 Å². The highest BCUT2D eigenvalue weighted by atomic mass is 79.9. The fourth-order valence-corrected chi connectivity index (χ4v) is 2.40. The number of carbonyl (C=O) groups is 2. The third-order valence-electron chi connectivity index (χ3n) is 3.33. The van der Waals surface area contributed by atoms with Gasteiger partial charge in [-0.05, 0) is 44.9 Å². The molecule has 0 spiro atoms. The highest BCUT2D eigenvalue weighted by molar-refractivity contribution is 9.10. The highest BCUT2D eigenvalue weighted by Crippen LogP contribution is 2.15. The quantitative estimate of drug-likeness (QED) is 0.800. The van der Waals surface area contributed by atoms with Gasteiger partial charge in [0.15, 0.2) is 0 Å². The van der Waals surface area contributed by atoms with Gasteiger partial charge >= 0.3 is 0 Å². The van der Waals surface area contributed by atoms with Gasteiger partial charge in [0.05, 0.1) is 0 Å². The molecule has 1 aromatic rings. The molecule has 5 heteroatoms. The summed E-state index contributed by atoms with van der Waals surface area (Å²) in [7, 11) is 0. The molecule has 1 rings (SSSR count). The van der Waals surface area contributed by atoms with Crippen LogP contribution in [0.2, 0.25) is 0 Å². The number of hydrogen-bond donors (Lipinski definition) is 1. The molecule has 22 heavy (non-hydrogen) atoms. The van der Waals surface area contributed by atoms with Crippen LogP contribution in [0.25, 0.3) is 0 Å². The lowest BCUT2D eigenvalue weighted by Crippen LogP contribution is -2.49. The summed E-state index contributed by atoms with van der Waals surface area (Å²) in [5, 5.41) is 2.87. The summed E-state index contributed by atoms with van der Waals surface area (Å²) in [6.07, 6.45) is 1.23. The number of halogens is 1. The molecule has 0 aliphatic heterocycles. The first-order valence-corrected chi connectivity index (χ1v) is 8.48. The van der Waals surface area contributed by atoms with Crippen LogP contribution in [0, 0.1) is 0 Å². The Hall–Kier alpha value is -1.36. The Kier molecular flexibility index (Phi) is 7.59. The van der Waals surface area contributed by atoms with E-state index in [4.69, 9.17) is 0 Å². The number of nitrogens with one attached hydrogen (secondary N) is 1. The molecule has 0 saturated carbocycles. The molecular formula is C17H25BrN2O2. The molecule has 4 nitrogen and oxygen atoms in total. The minimum absolute atomic E-state index is 0.0109. The first-order valence-electron chi connectivity index (χ1n) is 7.69. The second-order valence-electron chi connectivity index (χ2n) is 5.74. The Labute approximate surface area is 141 Å². The molecular weight excluding hydrogens is 344 g/mol. The minimum atomic E-state index is -0.481. The number of amides is 2. The molecule has 0 saturated heterocycles. The summed E-state index contributed by atoms with van der Waals surface area (Å²) in [6, 6.07) is 7.39. The topological polar surface area (TPSA) is 49.4 Å². The smallest absolute Gasteiger partial charge is 0.242 e. The molecule has 1 N–H and O–H groups in total. The van der Waals surface area contributed by atoms with Crippen LogP contribution >= 0.6 is 15.9 Å². The summed E-state index contributed by atoms with van der Waals surface area (Å²) in [6.45, 7) is 8.02. The average Bonchev–Trinajstić information content (AvgIpc) is 2.45. The Bertz CT molecular complexity index is 500. The van der Waals surface area contributed by atoms with Crippen LogP contribution in [0.15, 0.2) is 28.7 Å². The largest absolute Gasteiger partial charge is 0.352 e. The lowest BCUT2D eigenvalue weighted by atomic mass is 10.1. The minimum Gasteiger partial charge on any atom is -0.352 e. The van der Waals surface area contributed by atoms with E-state index in [0.29, 0.717) is 13.0 Å². The van der Waals surface area contributed by atoms with E-state index in [-0.39, 0.29) is 17.9 Å². The number of hydrogen-bond acceptors (Lipinski definition) is 2. The second-order valence-corrected chi connectivity index (χ2v) is 6.65. The van der Waals surface area contributed by atoms with Gasteiger partial charge < -0.3 is 10.2 Å². The molecule has 1 unspecified atom stereocenters. The van der Waals surface area contributed by atoms with Gasteiger partial charge in [0, 0.05) is 23.5 Å².